The zero-order valence-corrected chi connectivity index (χ0v) is 12.2. The molecule has 0 aromatic rings. The number of likely N-dealkylation sites (tertiary alicyclic amines) is 1. The summed E-state index contributed by atoms with van der Waals surface area (Å²) in [5, 5.41) is 14.7. The Balaban J connectivity index is 1.70. The van der Waals surface area contributed by atoms with Crippen molar-refractivity contribution in [2.75, 3.05) is 26.2 Å². The number of nitrogens with zero attached hydrogens (tertiary/aromatic N) is 1. The Morgan fingerprint density at radius 2 is 1.90 bits per heavy atom. The third-order valence-corrected chi connectivity index (χ3v) is 4.37. The van der Waals surface area contributed by atoms with Gasteiger partial charge in [0.1, 0.15) is 5.54 Å². The number of carbonyl (C=O) groups is 2. The van der Waals surface area contributed by atoms with Gasteiger partial charge in [-0.25, -0.2) is 9.59 Å². The molecule has 2 amide bonds. The maximum absolute atomic E-state index is 11.8. The second-order valence-corrected chi connectivity index (χ2v) is 6.06. The number of carboxylic acids is 1. The summed E-state index contributed by atoms with van der Waals surface area (Å²) in [6.45, 7) is 5.18. The van der Waals surface area contributed by atoms with Crippen LogP contribution in [0.4, 0.5) is 4.79 Å². The number of hydrogen-bond acceptors (Lipinski definition) is 3. The van der Waals surface area contributed by atoms with Crippen LogP contribution in [0.15, 0.2) is 0 Å². The highest BCUT2D eigenvalue weighted by atomic mass is 16.4. The van der Waals surface area contributed by atoms with E-state index in [1.807, 2.05) is 0 Å². The Morgan fingerprint density at radius 3 is 2.45 bits per heavy atom. The van der Waals surface area contributed by atoms with Crippen LogP contribution in [0, 0.1) is 5.92 Å². The molecule has 114 valence electrons. The summed E-state index contributed by atoms with van der Waals surface area (Å²) in [5.41, 5.74) is -1.13. The molecule has 2 fully saturated rings. The highest BCUT2D eigenvalue weighted by Gasteiger charge is 2.48. The summed E-state index contributed by atoms with van der Waals surface area (Å²) in [4.78, 5) is 25.5. The molecule has 3 N–H and O–H groups in total. The maximum Gasteiger partial charge on any atom is 0.329 e. The summed E-state index contributed by atoms with van der Waals surface area (Å²) < 4.78 is 0. The lowest BCUT2D eigenvalue weighted by Gasteiger charge is -2.28. The van der Waals surface area contributed by atoms with Gasteiger partial charge in [0.2, 0.25) is 0 Å². The van der Waals surface area contributed by atoms with Crippen LogP contribution < -0.4 is 10.6 Å². The molecule has 1 aliphatic heterocycles. The monoisotopic (exact) mass is 283 g/mol. The number of carbonyl (C=O) groups excluding carboxylic acids is 1. The predicted octanol–water partition coefficient (Wildman–Crippen LogP) is 1.02. The van der Waals surface area contributed by atoms with E-state index in [1.165, 1.54) is 19.3 Å². The van der Waals surface area contributed by atoms with Gasteiger partial charge in [0, 0.05) is 13.1 Å². The third-order valence-electron chi connectivity index (χ3n) is 4.37. The van der Waals surface area contributed by atoms with Gasteiger partial charge in [-0.2, -0.15) is 0 Å². The van der Waals surface area contributed by atoms with Gasteiger partial charge in [-0.3, -0.25) is 0 Å². The maximum atomic E-state index is 11.8. The van der Waals surface area contributed by atoms with Crippen LogP contribution in [-0.2, 0) is 4.79 Å². The van der Waals surface area contributed by atoms with Crippen LogP contribution in [0.1, 0.15) is 39.0 Å². The topological polar surface area (TPSA) is 81.7 Å². The second-order valence-electron chi connectivity index (χ2n) is 6.06. The van der Waals surface area contributed by atoms with E-state index in [9.17, 15) is 14.7 Å². The lowest BCUT2D eigenvalue weighted by molar-refractivity contribution is -0.144. The zero-order chi connectivity index (χ0) is 14.6. The average Bonchev–Trinajstić information content (AvgIpc) is 3.24. The molecule has 0 spiro atoms. The van der Waals surface area contributed by atoms with Gasteiger partial charge in [-0.1, -0.05) is 6.42 Å². The Kier molecular flexibility index (Phi) is 4.86. The Bertz CT molecular complexity index is 365. The van der Waals surface area contributed by atoms with Gasteiger partial charge in [-0.15, -0.1) is 0 Å². The molecule has 2 aliphatic rings. The van der Waals surface area contributed by atoms with Crippen LogP contribution in [0.2, 0.25) is 0 Å². The van der Waals surface area contributed by atoms with E-state index in [4.69, 9.17) is 0 Å². The standard InChI is InChI=1S/C14H25N3O3/c1-14(12(18)19,11-5-6-11)16-13(20)15-7-10-17-8-3-2-4-9-17/h11H,2-10H2,1H3,(H,18,19)(H2,15,16,20). The smallest absolute Gasteiger partial charge is 0.329 e. The fraction of sp³-hybridized carbons (Fsp3) is 0.857. The van der Waals surface area contributed by atoms with E-state index in [0.29, 0.717) is 6.54 Å². The van der Waals surface area contributed by atoms with E-state index in [0.717, 1.165) is 32.5 Å². The second kappa shape index (κ2) is 6.43. The first-order chi connectivity index (χ1) is 9.52. The summed E-state index contributed by atoms with van der Waals surface area (Å²) in [6.07, 6.45) is 5.49. The number of hydrogen-bond donors (Lipinski definition) is 3. The van der Waals surface area contributed by atoms with Crippen LogP contribution in [0.5, 0.6) is 0 Å². The Hall–Kier alpha value is -1.30. The molecule has 1 unspecified atom stereocenters. The largest absolute Gasteiger partial charge is 0.480 e. The summed E-state index contributed by atoms with van der Waals surface area (Å²) in [5.74, 6) is -0.890. The van der Waals surface area contributed by atoms with Gasteiger partial charge in [0.05, 0.1) is 0 Å². The van der Waals surface area contributed by atoms with Crippen molar-refractivity contribution >= 4 is 12.0 Å². The van der Waals surface area contributed by atoms with Crippen LogP contribution in [0.25, 0.3) is 0 Å². The molecule has 0 bridgehead atoms. The van der Waals surface area contributed by atoms with Crippen molar-refractivity contribution in [2.24, 2.45) is 5.92 Å². The minimum Gasteiger partial charge on any atom is -0.480 e. The van der Waals surface area contributed by atoms with Gasteiger partial charge >= 0.3 is 12.0 Å². The number of piperidine rings is 1. The summed E-state index contributed by atoms with van der Waals surface area (Å²) in [6, 6.07) is -0.376. The summed E-state index contributed by atoms with van der Waals surface area (Å²) >= 11 is 0. The summed E-state index contributed by atoms with van der Waals surface area (Å²) in [7, 11) is 0. The number of amides is 2. The number of urea groups is 1. The molecular formula is C14H25N3O3. The molecule has 6 heteroatoms. The van der Waals surface area contributed by atoms with E-state index in [1.54, 1.807) is 6.92 Å². The van der Waals surface area contributed by atoms with Crippen molar-refractivity contribution in [3.05, 3.63) is 0 Å². The van der Waals surface area contributed by atoms with Gasteiger partial charge in [0.25, 0.3) is 0 Å². The van der Waals surface area contributed by atoms with E-state index in [-0.39, 0.29) is 11.9 Å². The molecule has 1 saturated heterocycles. The van der Waals surface area contributed by atoms with Crippen LogP contribution in [-0.4, -0.2) is 53.7 Å². The highest BCUT2D eigenvalue weighted by Crippen LogP contribution is 2.39. The zero-order valence-electron chi connectivity index (χ0n) is 12.2. The van der Waals surface area contributed by atoms with Gasteiger partial charge in [0.15, 0.2) is 0 Å². The predicted molar refractivity (Wildman–Crippen MR) is 75.6 cm³/mol. The van der Waals surface area contributed by atoms with Crippen molar-refractivity contribution in [3.63, 3.8) is 0 Å². The normalized spacial score (nSPS) is 22.9. The van der Waals surface area contributed by atoms with Crippen molar-refractivity contribution in [3.8, 4) is 0 Å². The number of rotatable bonds is 6. The van der Waals surface area contributed by atoms with Crippen molar-refractivity contribution in [2.45, 2.75) is 44.6 Å². The first-order valence-corrected chi connectivity index (χ1v) is 7.54. The molecule has 6 nitrogen and oxygen atoms in total. The molecule has 1 aliphatic carbocycles. The molecule has 20 heavy (non-hydrogen) atoms. The third kappa shape index (κ3) is 3.85. The fourth-order valence-corrected chi connectivity index (χ4v) is 2.78. The molecule has 0 radical (unpaired) electrons. The molecule has 0 aromatic carbocycles. The molecule has 1 atom stereocenters. The van der Waals surface area contributed by atoms with Gasteiger partial charge in [-0.05, 0) is 51.6 Å². The fourth-order valence-electron chi connectivity index (χ4n) is 2.78. The minimum absolute atomic E-state index is 0.0628. The number of carboxylic acid groups (broad SMARTS) is 1. The lowest BCUT2D eigenvalue weighted by atomic mass is 9.96. The quantitative estimate of drug-likeness (QED) is 0.680. The Morgan fingerprint density at radius 1 is 1.25 bits per heavy atom. The lowest BCUT2D eigenvalue weighted by Crippen LogP contribution is -2.57. The van der Waals surface area contributed by atoms with Gasteiger partial charge < -0.3 is 20.6 Å². The van der Waals surface area contributed by atoms with E-state index >= 15 is 0 Å². The van der Waals surface area contributed by atoms with Crippen LogP contribution >= 0.6 is 0 Å². The molecule has 1 saturated carbocycles. The molecular weight excluding hydrogens is 258 g/mol. The van der Waals surface area contributed by atoms with Crippen molar-refractivity contribution < 1.29 is 14.7 Å². The number of nitrogens with one attached hydrogen (secondary N) is 2. The van der Waals surface area contributed by atoms with Crippen LogP contribution in [0.3, 0.4) is 0 Å². The molecule has 2 rings (SSSR count). The average molecular weight is 283 g/mol. The van der Waals surface area contributed by atoms with Crippen molar-refractivity contribution in [1.82, 2.24) is 15.5 Å². The number of aliphatic carboxylic acids is 1. The highest BCUT2D eigenvalue weighted by molar-refractivity contribution is 5.86. The SMILES string of the molecule is CC(NC(=O)NCCN1CCCCC1)(C(=O)O)C1CC1. The first kappa shape index (κ1) is 15.1. The molecule has 0 aromatic heterocycles. The Labute approximate surface area is 119 Å². The minimum atomic E-state index is -1.13. The van der Waals surface area contributed by atoms with Crippen molar-refractivity contribution in [1.29, 1.82) is 0 Å². The van der Waals surface area contributed by atoms with E-state index in [2.05, 4.69) is 15.5 Å². The van der Waals surface area contributed by atoms with E-state index < -0.39 is 11.5 Å². The molecule has 1 heterocycles. The first-order valence-electron chi connectivity index (χ1n) is 7.54.